The number of carbonyl (C=O) groups is 1. The van der Waals surface area contributed by atoms with Gasteiger partial charge in [0.1, 0.15) is 24.9 Å². The molecule has 2 heterocycles. The lowest BCUT2D eigenvalue weighted by Crippen LogP contribution is -3.15. The van der Waals surface area contributed by atoms with Gasteiger partial charge >= 0.3 is 0 Å². The molecule has 1 fully saturated rings. The number of quaternary nitrogens is 1. The molecule has 2 aliphatic rings. The van der Waals surface area contributed by atoms with Crippen molar-refractivity contribution < 1.29 is 28.6 Å². The highest BCUT2D eigenvalue weighted by molar-refractivity contribution is 5.94. The fraction of sp³-hybridized carbons (Fsp3) is 0.381. The Kier molecular flexibility index (Phi) is 5.64. The van der Waals surface area contributed by atoms with Crippen LogP contribution in [0.3, 0.4) is 0 Å². The third-order valence-electron chi connectivity index (χ3n) is 5.25. The molecule has 0 bridgehead atoms. The van der Waals surface area contributed by atoms with Gasteiger partial charge in [0.25, 0.3) is 5.91 Å². The molecule has 2 aromatic carbocycles. The highest BCUT2D eigenvalue weighted by Crippen LogP contribution is 2.33. The van der Waals surface area contributed by atoms with Gasteiger partial charge in [-0.2, -0.15) is 0 Å². The molecule has 4 rings (SSSR count). The average molecular weight is 385 g/mol. The maximum Gasteiger partial charge on any atom is 0.251 e. The van der Waals surface area contributed by atoms with Crippen molar-refractivity contribution in [1.29, 1.82) is 0 Å². The van der Waals surface area contributed by atoms with E-state index in [4.69, 9.17) is 18.9 Å². The number of hydrogen-bond donors (Lipinski definition) is 2. The fourth-order valence-corrected chi connectivity index (χ4v) is 3.65. The van der Waals surface area contributed by atoms with E-state index in [2.05, 4.69) is 11.4 Å². The number of carbonyl (C=O) groups excluding carboxylic acids is 1. The molecule has 0 saturated carbocycles. The van der Waals surface area contributed by atoms with E-state index in [1.54, 1.807) is 31.4 Å². The summed E-state index contributed by atoms with van der Waals surface area (Å²) in [6.07, 6.45) is 0. The third-order valence-corrected chi connectivity index (χ3v) is 5.25. The Labute approximate surface area is 164 Å². The van der Waals surface area contributed by atoms with Crippen molar-refractivity contribution in [2.24, 2.45) is 0 Å². The molecule has 1 saturated heterocycles. The van der Waals surface area contributed by atoms with E-state index in [9.17, 15) is 4.79 Å². The van der Waals surface area contributed by atoms with E-state index < -0.39 is 0 Å². The summed E-state index contributed by atoms with van der Waals surface area (Å²) in [5.41, 5.74) is 1.73. The summed E-state index contributed by atoms with van der Waals surface area (Å²) in [7, 11) is 1.61. The number of morpholine rings is 1. The van der Waals surface area contributed by atoms with Gasteiger partial charge in [0, 0.05) is 11.1 Å². The van der Waals surface area contributed by atoms with Gasteiger partial charge in [-0.3, -0.25) is 4.79 Å². The van der Waals surface area contributed by atoms with Crippen LogP contribution in [-0.2, 0) is 4.74 Å². The molecule has 0 aromatic heterocycles. The highest BCUT2D eigenvalue weighted by atomic mass is 16.7. The van der Waals surface area contributed by atoms with Crippen LogP contribution < -0.4 is 24.4 Å². The first-order valence-electron chi connectivity index (χ1n) is 9.49. The predicted molar refractivity (Wildman–Crippen MR) is 102 cm³/mol. The van der Waals surface area contributed by atoms with Crippen LogP contribution in [0.15, 0.2) is 42.5 Å². The van der Waals surface area contributed by atoms with Crippen LogP contribution in [0.1, 0.15) is 22.0 Å². The number of ether oxygens (including phenoxy) is 4. The number of fused-ring (bicyclic) bond motifs is 1. The Morgan fingerprint density at radius 1 is 1.11 bits per heavy atom. The monoisotopic (exact) mass is 385 g/mol. The summed E-state index contributed by atoms with van der Waals surface area (Å²) in [6.45, 7) is 4.03. The maximum absolute atomic E-state index is 12.6. The minimum absolute atomic E-state index is 0.0962. The molecule has 0 unspecified atom stereocenters. The standard InChI is InChI=1S/C21H24N2O5/c1-25-17-5-2-15(3-6-17)21(24)22-13-18(23-8-10-26-11-9-23)16-4-7-19-20(12-16)28-14-27-19/h2-7,12,18H,8-11,13-14H2,1H3,(H,22,24)/p+1/t18-/m1/s1. The quantitative estimate of drug-likeness (QED) is 0.770. The van der Waals surface area contributed by atoms with Crippen LogP contribution in [0, 0.1) is 0 Å². The molecule has 1 amide bonds. The van der Waals surface area contributed by atoms with Gasteiger partial charge in [-0.15, -0.1) is 0 Å². The summed E-state index contributed by atoms with van der Waals surface area (Å²) >= 11 is 0. The molecule has 148 valence electrons. The van der Waals surface area contributed by atoms with E-state index >= 15 is 0 Å². The number of methoxy groups -OCH3 is 1. The van der Waals surface area contributed by atoms with Crippen molar-refractivity contribution in [3.05, 3.63) is 53.6 Å². The Morgan fingerprint density at radius 2 is 1.86 bits per heavy atom. The molecule has 0 spiro atoms. The second kappa shape index (κ2) is 8.50. The van der Waals surface area contributed by atoms with E-state index in [-0.39, 0.29) is 18.7 Å². The molecule has 7 heteroatoms. The van der Waals surface area contributed by atoms with Gasteiger partial charge in [0.15, 0.2) is 11.5 Å². The van der Waals surface area contributed by atoms with Gasteiger partial charge in [0.05, 0.1) is 26.9 Å². The lowest BCUT2D eigenvalue weighted by atomic mass is 10.0. The van der Waals surface area contributed by atoms with E-state index in [0.717, 1.165) is 49.1 Å². The first-order valence-corrected chi connectivity index (χ1v) is 9.49. The Hall–Kier alpha value is -2.77. The van der Waals surface area contributed by atoms with Gasteiger partial charge in [-0.05, 0) is 42.5 Å². The van der Waals surface area contributed by atoms with Crippen molar-refractivity contribution in [3.8, 4) is 17.2 Å². The Morgan fingerprint density at radius 3 is 2.61 bits per heavy atom. The van der Waals surface area contributed by atoms with E-state index in [1.165, 1.54) is 4.90 Å². The van der Waals surface area contributed by atoms with Gasteiger partial charge in [-0.25, -0.2) is 0 Å². The molecule has 1 atom stereocenters. The smallest absolute Gasteiger partial charge is 0.251 e. The van der Waals surface area contributed by atoms with Crippen LogP contribution in [0.4, 0.5) is 0 Å². The van der Waals surface area contributed by atoms with E-state index in [0.29, 0.717) is 12.1 Å². The van der Waals surface area contributed by atoms with Crippen LogP contribution in [0.5, 0.6) is 17.2 Å². The van der Waals surface area contributed by atoms with E-state index in [1.807, 2.05) is 12.1 Å². The van der Waals surface area contributed by atoms with Crippen LogP contribution >= 0.6 is 0 Å². The summed E-state index contributed by atoms with van der Waals surface area (Å²) in [5.74, 6) is 2.16. The lowest BCUT2D eigenvalue weighted by molar-refractivity contribution is -0.937. The normalized spacial score (nSPS) is 17.2. The molecule has 28 heavy (non-hydrogen) atoms. The second-order valence-electron chi connectivity index (χ2n) is 6.87. The minimum atomic E-state index is -0.0962. The molecule has 0 radical (unpaired) electrons. The Balaban J connectivity index is 1.49. The third kappa shape index (κ3) is 4.05. The highest BCUT2D eigenvalue weighted by Gasteiger charge is 2.28. The van der Waals surface area contributed by atoms with Crippen LogP contribution in [-0.4, -0.2) is 52.7 Å². The predicted octanol–water partition coefficient (Wildman–Crippen LogP) is 0.810. The van der Waals surface area contributed by atoms with Gasteiger partial charge < -0.3 is 29.2 Å². The number of nitrogens with one attached hydrogen (secondary N) is 2. The number of rotatable bonds is 6. The van der Waals surface area contributed by atoms with Crippen molar-refractivity contribution in [2.45, 2.75) is 6.04 Å². The minimum Gasteiger partial charge on any atom is -0.497 e. The molecule has 2 aromatic rings. The summed E-state index contributed by atoms with van der Waals surface area (Å²) in [4.78, 5) is 14.0. The first kappa shape index (κ1) is 18.6. The van der Waals surface area contributed by atoms with Crippen molar-refractivity contribution in [2.75, 3.05) is 46.8 Å². The maximum atomic E-state index is 12.6. The number of benzene rings is 2. The van der Waals surface area contributed by atoms with Crippen molar-refractivity contribution in [1.82, 2.24) is 5.32 Å². The summed E-state index contributed by atoms with van der Waals surface area (Å²) < 4.78 is 21.6. The summed E-state index contributed by atoms with van der Waals surface area (Å²) in [6, 6.07) is 13.2. The average Bonchev–Trinajstić information content (AvgIpc) is 3.22. The first-order chi connectivity index (χ1) is 13.7. The SMILES string of the molecule is COc1ccc(C(=O)NC[C@H](c2ccc3c(c2)OCO3)[NH+]2CCOCC2)cc1. The number of hydrogen-bond acceptors (Lipinski definition) is 5. The topological polar surface area (TPSA) is 70.5 Å². The zero-order valence-corrected chi connectivity index (χ0v) is 15.9. The molecular weight excluding hydrogens is 360 g/mol. The largest absolute Gasteiger partial charge is 0.497 e. The van der Waals surface area contributed by atoms with Crippen LogP contribution in [0.25, 0.3) is 0 Å². The van der Waals surface area contributed by atoms with Crippen molar-refractivity contribution in [3.63, 3.8) is 0 Å². The zero-order valence-electron chi connectivity index (χ0n) is 15.9. The summed E-state index contributed by atoms with van der Waals surface area (Å²) in [5, 5.41) is 3.09. The zero-order chi connectivity index (χ0) is 19.3. The molecule has 7 nitrogen and oxygen atoms in total. The number of amides is 1. The lowest BCUT2D eigenvalue weighted by Gasteiger charge is -2.32. The molecule has 0 aliphatic carbocycles. The molecule has 2 aliphatic heterocycles. The molecule has 2 N–H and O–H groups in total. The Bertz CT molecular complexity index is 818. The van der Waals surface area contributed by atoms with Crippen molar-refractivity contribution >= 4 is 5.91 Å². The van der Waals surface area contributed by atoms with Crippen LogP contribution in [0.2, 0.25) is 0 Å². The second-order valence-corrected chi connectivity index (χ2v) is 6.87. The van der Waals surface area contributed by atoms with Gasteiger partial charge in [0.2, 0.25) is 6.79 Å². The molecular formula is C21H25N2O5+. The van der Waals surface area contributed by atoms with Gasteiger partial charge in [-0.1, -0.05) is 0 Å². The fourth-order valence-electron chi connectivity index (χ4n) is 3.65.